The van der Waals surface area contributed by atoms with Gasteiger partial charge in [-0.3, -0.25) is 9.78 Å². The molecule has 0 saturated carbocycles. The van der Waals surface area contributed by atoms with E-state index in [1.165, 1.54) is 6.20 Å². The molecule has 28 heavy (non-hydrogen) atoms. The average molecular weight is 367 g/mol. The standard InChI is InChI=1S/C22H17N5O/c1-26-14-25-18-6-5-17(10-21(18)26)16-4-2-3-15(9-16)13-27-20-7-8-23-11-19(20)24-12-22(27)28/h2-12,14H,13H2,1H3. The minimum Gasteiger partial charge on any atom is -0.334 e. The van der Waals surface area contributed by atoms with E-state index in [4.69, 9.17) is 0 Å². The second-order valence-electron chi connectivity index (χ2n) is 6.81. The Bertz CT molecular complexity index is 1380. The quantitative estimate of drug-likeness (QED) is 0.490. The summed E-state index contributed by atoms with van der Waals surface area (Å²) in [6.07, 6.45) is 6.52. The Kier molecular flexibility index (Phi) is 3.76. The molecule has 6 nitrogen and oxygen atoms in total. The molecule has 0 aliphatic rings. The van der Waals surface area contributed by atoms with Gasteiger partial charge in [-0.1, -0.05) is 24.3 Å². The summed E-state index contributed by atoms with van der Waals surface area (Å²) in [4.78, 5) is 25.1. The second kappa shape index (κ2) is 6.42. The fourth-order valence-electron chi connectivity index (χ4n) is 3.52. The number of rotatable bonds is 3. The van der Waals surface area contributed by atoms with E-state index in [0.29, 0.717) is 12.1 Å². The maximum Gasteiger partial charge on any atom is 0.269 e. The van der Waals surface area contributed by atoms with Crippen molar-refractivity contribution >= 4 is 22.1 Å². The molecule has 0 spiro atoms. The van der Waals surface area contributed by atoms with E-state index in [1.54, 1.807) is 17.0 Å². The molecule has 0 amide bonds. The van der Waals surface area contributed by atoms with E-state index in [0.717, 1.165) is 33.2 Å². The van der Waals surface area contributed by atoms with Crippen LogP contribution in [0, 0.1) is 0 Å². The number of aryl methyl sites for hydroxylation is 1. The molecule has 136 valence electrons. The van der Waals surface area contributed by atoms with Crippen LogP contribution in [0.2, 0.25) is 0 Å². The maximum atomic E-state index is 12.4. The van der Waals surface area contributed by atoms with Crippen molar-refractivity contribution in [2.24, 2.45) is 7.05 Å². The normalized spacial score (nSPS) is 11.3. The Hall–Kier alpha value is -3.80. The average Bonchev–Trinajstić information content (AvgIpc) is 3.11. The van der Waals surface area contributed by atoms with E-state index in [9.17, 15) is 4.79 Å². The van der Waals surface area contributed by atoms with Crippen LogP contribution in [0.4, 0.5) is 0 Å². The van der Waals surface area contributed by atoms with E-state index in [-0.39, 0.29) is 5.56 Å². The summed E-state index contributed by atoms with van der Waals surface area (Å²) >= 11 is 0. The van der Waals surface area contributed by atoms with Crippen molar-refractivity contribution in [2.75, 3.05) is 0 Å². The van der Waals surface area contributed by atoms with E-state index in [2.05, 4.69) is 39.2 Å². The van der Waals surface area contributed by atoms with Crippen LogP contribution < -0.4 is 5.56 Å². The molecule has 0 atom stereocenters. The number of hydrogen-bond acceptors (Lipinski definition) is 4. The largest absolute Gasteiger partial charge is 0.334 e. The van der Waals surface area contributed by atoms with Crippen molar-refractivity contribution in [2.45, 2.75) is 6.54 Å². The van der Waals surface area contributed by atoms with Crippen molar-refractivity contribution in [1.82, 2.24) is 24.1 Å². The van der Waals surface area contributed by atoms with Gasteiger partial charge in [0.2, 0.25) is 0 Å². The number of aromatic nitrogens is 5. The smallest absolute Gasteiger partial charge is 0.269 e. The fourth-order valence-corrected chi connectivity index (χ4v) is 3.52. The first-order chi connectivity index (χ1) is 13.7. The Balaban J connectivity index is 1.57. The van der Waals surface area contributed by atoms with Crippen LogP contribution in [0.25, 0.3) is 33.2 Å². The minimum absolute atomic E-state index is 0.125. The van der Waals surface area contributed by atoms with Crippen LogP contribution in [0.15, 0.2) is 78.2 Å². The Morgan fingerprint density at radius 3 is 2.71 bits per heavy atom. The third-order valence-corrected chi connectivity index (χ3v) is 4.98. The highest BCUT2D eigenvalue weighted by Gasteiger charge is 2.07. The third-order valence-electron chi connectivity index (χ3n) is 4.98. The Morgan fingerprint density at radius 2 is 1.79 bits per heavy atom. The van der Waals surface area contributed by atoms with Gasteiger partial charge >= 0.3 is 0 Å². The zero-order valence-corrected chi connectivity index (χ0v) is 15.3. The maximum absolute atomic E-state index is 12.4. The summed E-state index contributed by atoms with van der Waals surface area (Å²) < 4.78 is 3.74. The first-order valence-corrected chi connectivity index (χ1v) is 8.99. The summed E-state index contributed by atoms with van der Waals surface area (Å²) in [6.45, 7) is 0.476. The fraction of sp³-hybridized carbons (Fsp3) is 0.0909. The molecule has 0 aliphatic carbocycles. The van der Waals surface area contributed by atoms with Crippen LogP contribution in [0.3, 0.4) is 0 Å². The first kappa shape index (κ1) is 16.4. The first-order valence-electron chi connectivity index (χ1n) is 8.99. The number of benzene rings is 2. The van der Waals surface area contributed by atoms with Crippen LogP contribution in [0.1, 0.15) is 5.56 Å². The SMILES string of the molecule is Cn1cnc2ccc(-c3cccc(Cn4c(=O)cnc5cnccc54)c3)cc21. The van der Waals surface area contributed by atoms with Crippen molar-refractivity contribution < 1.29 is 0 Å². The molecule has 5 rings (SSSR count). The van der Waals surface area contributed by atoms with Gasteiger partial charge in [0.1, 0.15) is 5.52 Å². The predicted octanol–water partition coefficient (Wildman–Crippen LogP) is 3.39. The van der Waals surface area contributed by atoms with Gasteiger partial charge in [0.15, 0.2) is 0 Å². The lowest BCUT2D eigenvalue weighted by molar-refractivity contribution is 0.786. The zero-order chi connectivity index (χ0) is 19.1. The van der Waals surface area contributed by atoms with Crippen molar-refractivity contribution in [3.8, 4) is 11.1 Å². The van der Waals surface area contributed by atoms with Crippen molar-refractivity contribution in [3.05, 3.63) is 89.4 Å². The van der Waals surface area contributed by atoms with Crippen molar-refractivity contribution in [3.63, 3.8) is 0 Å². The Morgan fingerprint density at radius 1 is 0.893 bits per heavy atom. The van der Waals surface area contributed by atoms with Crippen molar-refractivity contribution in [1.29, 1.82) is 0 Å². The summed E-state index contributed by atoms with van der Waals surface area (Å²) in [5, 5.41) is 0. The topological polar surface area (TPSA) is 65.6 Å². The van der Waals surface area contributed by atoms with Gasteiger partial charge in [-0.05, 0) is 41.0 Å². The molecule has 0 fully saturated rings. The highest BCUT2D eigenvalue weighted by molar-refractivity contribution is 5.82. The number of imidazole rings is 1. The molecule has 0 N–H and O–H groups in total. The predicted molar refractivity (Wildman–Crippen MR) is 109 cm³/mol. The third kappa shape index (κ3) is 2.75. The van der Waals surface area contributed by atoms with Crippen LogP contribution in [0.5, 0.6) is 0 Å². The molecular formula is C22H17N5O. The van der Waals surface area contributed by atoms with Crippen LogP contribution >= 0.6 is 0 Å². The van der Waals surface area contributed by atoms with E-state index >= 15 is 0 Å². The molecule has 0 aliphatic heterocycles. The molecule has 3 heterocycles. The summed E-state index contributed by atoms with van der Waals surface area (Å²) in [6, 6.07) is 16.3. The van der Waals surface area contributed by atoms with Gasteiger partial charge in [0.05, 0.1) is 41.8 Å². The van der Waals surface area contributed by atoms with Gasteiger partial charge in [-0.2, -0.15) is 0 Å². The van der Waals surface area contributed by atoms with Gasteiger partial charge in [0, 0.05) is 13.2 Å². The van der Waals surface area contributed by atoms with Crippen LogP contribution in [-0.4, -0.2) is 24.1 Å². The van der Waals surface area contributed by atoms with Gasteiger partial charge < -0.3 is 9.13 Å². The molecular weight excluding hydrogens is 350 g/mol. The molecule has 6 heteroatoms. The lowest BCUT2D eigenvalue weighted by Crippen LogP contribution is -2.21. The zero-order valence-electron chi connectivity index (χ0n) is 15.3. The summed E-state index contributed by atoms with van der Waals surface area (Å²) in [5.74, 6) is 0. The second-order valence-corrected chi connectivity index (χ2v) is 6.81. The van der Waals surface area contributed by atoms with Gasteiger partial charge in [-0.25, -0.2) is 9.97 Å². The van der Waals surface area contributed by atoms with E-state index in [1.807, 2.05) is 42.2 Å². The molecule has 0 unspecified atom stereocenters. The lowest BCUT2D eigenvalue weighted by Gasteiger charge is -2.11. The van der Waals surface area contributed by atoms with Gasteiger partial charge in [-0.15, -0.1) is 0 Å². The molecule has 0 bridgehead atoms. The number of hydrogen-bond donors (Lipinski definition) is 0. The monoisotopic (exact) mass is 367 g/mol. The highest BCUT2D eigenvalue weighted by Crippen LogP contribution is 2.25. The molecule has 0 radical (unpaired) electrons. The van der Waals surface area contributed by atoms with Gasteiger partial charge in [0.25, 0.3) is 5.56 Å². The number of pyridine rings is 1. The Labute approximate surface area is 160 Å². The highest BCUT2D eigenvalue weighted by atomic mass is 16.1. The lowest BCUT2D eigenvalue weighted by atomic mass is 10.0. The molecule has 3 aromatic heterocycles. The minimum atomic E-state index is -0.125. The summed E-state index contributed by atoms with van der Waals surface area (Å²) in [5.41, 5.74) is 6.71. The molecule has 0 saturated heterocycles. The molecule has 2 aromatic carbocycles. The molecule has 5 aromatic rings. The van der Waals surface area contributed by atoms with E-state index < -0.39 is 0 Å². The van der Waals surface area contributed by atoms with Crippen LogP contribution in [-0.2, 0) is 13.6 Å². The number of nitrogens with zero attached hydrogens (tertiary/aromatic N) is 5. The number of fused-ring (bicyclic) bond motifs is 2. The summed E-state index contributed by atoms with van der Waals surface area (Å²) in [7, 11) is 1.99.